The Morgan fingerprint density at radius 2 is 1.65 bits per heavy atom. The van der Waals surface area contributed by atoms with E-state index in [0.717, 1.165) is 0 Å². The van der Waals surface area contributed by atoms with E-state index in [1.54, 1.807) is 58.2 Å². The minimum absolute atomic E-state index is 0.0734. The van der Waals surface area contributed by atoms with E-state index < -0.39 is 49.5 Å². The van der Waals surface area contributed by atoms with Crippen molar-refractivity contribution in [2.45, 2.75) is 92.3 Å². The molecule has 3 N–H and O–H groups in total. The summed E-state index contributed by atoms with van der Waals surface area (Å²) in [6.07, 6.45) is 2.37. The summed E-state index contributed by atoms with van der Waals surface area (Å²) in [4.78, 5) is 50.1. The molecule has 1 amide bonds. The van der Waals surface area contributed by atoms with Gasteiger partial charge in [-0.05, 0) is 63.1 Å². The maximum absolute atomic E-state index is 14.6. The number of hydrogen-bond donors (Lipinski definition) is 2. The molecule has 3 aromatic rings. The van der Waals surface area contributed by atoms with E-state index in [4.69, 9.17) is 33.7 Å². The van der Waals surface area contributed by atoms with Crippen molar-refractivity contribution in [2.75, 3.05) is 45.1 Å². The van der Waals surface area contributed by atoms with Crippen LogP contribution in [0.25, 0.3) is 11.2 Å². The number of carbonyl (C=O) groups is 3. The topological polar surface area (TPSA) is 205 Å². The fraction of sp³-hybridized carbons (Fsp3) is 0.611. The lowest BCUT2D eigenvalue weighted by Gasteiger charge is -2.24. The third-order valence-corrected chi connectivity index (χ3v) is 9.39. The van der Waals surface area contributed by atoms with Crippen molar-refractivity contribution in [1.29, 1.82) is 0 Å². The van der Waals surface area contributed by atoms with E-state index in [2.05, 4.69) is 20.3 Å². The number of nitrogens with two attached hydrogens (primary N) is 1. The zero-order valence-electron chi connectivity index (χ0n) is 32.3. The third kappa shape index (κ3) is 14.2. The van der Waals surface area contributed by atoms with Crippen LogP contribution in [0.15, 0.2) is 30.9 Å². The Hall–Kier alpha value is -4.18. The number of esters is 2. The van der Waals surface area contributed by atoms with Crippen molar-refractivity contribution in [1.82, 2.24) is 24.8 Å². The number of halogens is 1. The molecule has 54 heavy (non-hydrogen) atoms. The largest absolute Gasteiger partial charge is 0.464 e. The molecule has 18 heteroatoms. The molecule has 3 rings (SSSR count). The number of hydrogen-bond acceptors (Lipinski definition) is 14. The number of anilines is 1. The van der Waals surface area contributed by atoms with E-state index in [-0.39, 0.29) is 69.5 Å². The molecule has 0 radical (unpaired) electrons. The number of aromatic nitrogens is 4. The highest BCUT2D eigenvalue weighted by Gasteiger charge is 2.29. The SMILES string of the molecule is CC(C)Cc1ccc(C(C)C(=O)OCCOP(=O)(COCCn2cnc3c(N)ncnc32)OCCCOC(=O)[C@H](NC(=O)OC(C)(C)C)C(C)C)cc1F. The molecule has 0 aliphatic heterocycles. The molecular formula is C36H54FN6O10P. The number of ether oxygens (including phenoxy) is 4. The van der Waals surface area contributed by atoms with E-state index >= 15 is 0 Å². The smallest absolute Gasteiger partial charge is 0.408 e. The molecule has 2 unspecified atom stereocenters. The Bertz CT molecular complexity index is 1750. The first kappa shape index (κ1) is 44.2. The molecule has 16 nitrogen and oxygen atoms in total. The van der Waals surface area contributed by atoms with Gasteiger partial charge in [-0.3, -0.25) is 9.36 Å². The van der Waals surface area contributed by atoms with Gasteiger partial charge in [0.25, 0.3) is 0 Å². The van der Waals surface area contributed by atoms with Crippen LogP contribution in [0.1, 0.15) is 78.9 Å². The standard InChI is InChI=1S/C36H54FN6O10P/c1-23(2)18-27-11-10-26(19-28(27)37)25(5)33(44)50-16-17-52-54(47,22-48-15-12-43-21-41-30-31(38)39-20-40-32(30)43)51-14-9-13-49-34(45)29(24(3)4)42-35(46)53-36(6,7)8/h10-11,19-21,23-25,29H,9,12-18,22H2,1-8H3,(H,42,46)(H2,38,39,40)/t25?,29-,54?/m1/s1. The van der Waals surface area contributed by atoms with Gasteiger partial charge in [0.1, 0.15) is 42.3 Å². The number of imidazole rings is 1. The molecular weight excluding hydrogens is 726 g/mol. The van der Waals surface area contributed by atoms with Crippen molar-refractivity contribution in [3.05, 3.63) is 47.8 Å². The van der Waals surface area contributed by atoms with Crippen molar-refractivity contribution >= 4 is 42.6 Å². The Balaban J connectivity index is 1.54. The fourth-order valence-electron chi connectivity index (χ4n) is 4.99. The zero-order valence-corrected chi connectivity index (χ0v) is 33.2. The average molecular weight is 781 g/mol. The van der Waals surface area contributed by atoms with Gasteiger partial charge in [0.15, 0.2) is 11.5 Å². The van der Waals surface area contributed by atoms with Gasteiger partial charge in [0.2, 0.25) is 0 Å². The molecule has 0 spiro atoms. The van der Waals surface area contributed by atoms with E-state index in [1.165, 1.54) is 18.7 Å². The monoisotopic (exact) mass is 780 g/mol. The summed E-state index contributed by atoms with van der Waals surface area (Å²) in [7, 11) is -3.93. The zero-order chi connectivity index (χ0) is 40.1. The van der Waals surface area contributed by atoms with Crippen LogP contribution in [0.5, 0.6) is 0 Å². The highest BCUT2D eigenvalue weighted by atomic mass is 31.2. The van der Waals surface area contributed by atoms with Gasteiger partial charge in [-0.15, -0.1) is 0 Å². The molecule has 0 bridgehead atoms. The normalized spacial score (nSPS) is 14.1. The predicted octanol–water partition coefficient (Wildman–Crippen LogP) is 5.78. The van der Waals surface area contributed by atoms with Crippen LogP contribution in [0.4, 0.5) is 15.0 Å². The minimum Gasteiger partial charge on any atom is -0.464 e. The fourth-order valence-corrected chi connectivity index (χ4v) is 6.33. The summed E-state index contributed by atoms with van der Waals surface area (Å²) in [5, 5.41) is 2.53. The van der Waals surface area contributed by atoms with Gasteiger partial charge in [-0.2, -0.15) is 0 Å². The van der Waals surface area contributed by atoms with Crippen molar-refractivity contribution < 1.29 is 51.3 Å². The Morgan fingerprint density at radius 1 is 0.944 bits per heavy atom. The molecule has 300 valence electrons. The highest BCUT2D eigenvalue weighted by molar-refractivity contribution is 7.53. The van der Waals surface area contributed by atoms with Gasteiger partial charge >= 0.3 is 25.6 Å². The predicted molar refractivity (Wildman–Crippen MR) is 198 cm³/mol. The number of alkyl carbamates (subject to hydrolysis) is 1. The summed E-state index contributed by atoms with van der Waals surface area (Å²) < 4.78 is 62.9. The summed E-state index contributed by atoms with van der Waals surface area (Å²) in [5.41, 5.74) is 7.09. The third-order valence-electron chi connectivity index (χ3n) is 7.74. The number of amides is 1. The first-order valence-electron chi connectivity index (χ1n) is 17.9. The van der Waals surface area contributed by atoms with E-state index in [1.807, 2.05) is 13.8 Å². The first-order valence-corrected chi connectivity index (χ1v) is 19.6. The molecule has 0 saturated heterocycles. The van der Waals surface area contributed by atoms with Gasteiger partial charge in [0, 0.05) is 13.0 Å². The minimum atomic E-state index is -3.93. The molecule has 2 aromatic heterocycles. The average Bonchev–Trinajstić information content (AvgIpc) is 3.51. The van der Waals surface area contributed by atoms with Crippen LogP contribution in [0.2, 0.25) is 0 Å². The molecule has 3 atom stereocenters. The van der Waals surface area contributed by atoms with Crippen LogP contribution in [-0.4, -0.2) is 88.6 Å². The lowest BCUT2D eigenvalue weighted by Crippen LogP contribution is -2.47. The van der Waals surface area contributed by atoms with Crippen LogP contribution in [0.3, 0.4) is 0 Å². The Labute approximate surface area is 315 Å². The summed E-state index contributed by atoms with van der Waals surface area (Å²) >= 11 is 0. The number of nitrogens with one attached hydrogen (secondary N) is 1. The van der Waals surface area contributed by atoms with Crippen LogP contribution >= 0.6 is 7.60 Å². The van der Waals surface area contributed by atoms with Crippen LogP contribution in [-0.2, 0) is 55.1 Å². The number of carbonyl (C=O) groups excluding carboxylic acids is 3. The van der Waals surface area contributed by atoms with Gasteiger partial charge in [0.05, 0.1) is 38.7 Å². The number of benzene rings is 1. The molecule has 0 aliphatic rings. The van der Waals surface area contributed by atoms with Crippen molar-refractivity contribution in [3.8, 4) is 0 Å². The summed E-state index contributed by atoms with van der Waals surface area (Å²) in [6.45, 7) is 13.8. The Kier molecular flexibility index (Phi) is 16.8. The van der Waals surface area contributed by atoms with E-state index in [0.29, 0.717) is 28.7 Å². The second-order valence-electron chi connectivity index (χ2n) is 14.4. The van der Waals surface area contributed by atoms with Crippen LogP contribution < -0.4 is 11.1 Å². The van der Waals surface area contributed by atoms with Gasteiger partial charge in [-0.1, -0.05) is 39.8 Å². The van der Waals surface area contributed by atoms with Crippen molar-refractivity contribution in [2.24, 2.45) is 11.8 Å². The van der Waals surface area contributed by atoms with Gasteiger partial charge < -0.3 is 43.6 Å². The number of nitrogen functional groups attached to an aromatic ring is 1. The lowest BCUT2D eigenvalue weighted by molar-refractivity contribution is -0.148. The summed E-state index contributed by atoms with van der Waals surface area (Å²) in [6, 6.07) is 3.77. The van der Waals surface area contributed by atoms with Gasteiger partial charge in [-0.25, -0.2) is 28.9 Å². The molecule has 2 heterocycles. The Morgan fingerprint density at radius 3 is 2.31 bits per heavy atom. The highest BCUT2D eigenvalue weighted by Crippen LogP contribution is 2.48. The molecule has 0 fully saturated rings. The second-order valence-corrected chi connectivity index (χ2v) is 16.4. The second kappa shape index (κ2) is 20.5. The summed E-state index contributed by atoms with van der Waals surface area (Å²) in [5.74, 6) is -2.18. The van der Waals surface area contributed by atoms with E-state index in [9.17, 15) is 23.3 Å². The quantitative estimate of drug-likeness (QED) is 0.0570. The van der Waals surface area contributed by atoms with Crippen molar-refractivity contribution in [3.63, 3.8) is 0 Å². The molecule has 1 aromatic carbocycles. The number of fused-ring (bicyclic) bond motifs is 1. The number of rotatable bonds is 21. The lowest BCUT2D eigenvalue weighted by atomic mass is 9.96. The molecule has 0 saturated carbocycles. The first-order chi connectivity index (χ1) is 25.4. The maximum Gasteiger partial charge on any atom is 0.408 e. The maximum atomic E-state index is 14.6. The van der Waals surface area contributed by atoms with Crippen LogP contribution in [0, 0.1) is 17.7 Å². The molecule has 0 aliphatic carbocycles. The number of nitrogens with zero attached hydrogens (tertiary/aromatic N) is 4.